The lowest BCUT2D eigenvalue weighted by molar-refractivity contribution is -0.159. The van der Waals surface area contributed by atoms with Crippen LogP contribution in [0.3, 0.4) is 0 Å². The van der Waals surface area contributed by atoms with Crippen molar-refractivity contribution in [2.75, 3.05) is 0 Å². The summed E-state index contributed by atoms with van der Waals surface area (Å²) in [7, 11) is 1.72. The first-order valence-electron chi connectivity index (χ1n) is 4.91. The second-order valence-corrected chi connectivity index (χ2v) is 3.64. The van der Waals surface area contributed by atoms with E-state index in [1.54, 1.807) is 13.2 Å². The molecule has 0 spiro atoms. The van der Waals surface area contributed by atoms with Crippen LogP contribution in [0.5, 0.6) is 0 Å². The molecule has 0 saturated carbocycles. The highest BCUT2D eigenvalue weighted by Gasteiger charge is 2.29. The molecule has 6 heteroatoms. The first-order valence-corrected chi connectivity index (χ1v) is 4.91. The largest absolute Gasteiger partial charge is 0.479 e. The van der Waals surface area contributed by atoms with E-state index in [1.165, 1.54) is 4.80 Å². The number of carbonyl (C=O) groups is 1. The van der Waals surface area contributed by atoms with Crippen LogP contribution >= 0.6 is 0 Å². The lowest BCUT2D eigenvalue weighted by atomic mass is 10.0. The van der Waals surface area contributed by atoms with Crippen LogP contribution in [0.2, 0.25) is 0 Å². The number of nitrogens with zero attached hydrogens (tertiary/aromatic N) is 3. The quantitative estimate of drug-likeness (QED) is 0.771. The Bertz CT molecular complexity index is 363. The van der Waals surface area contributed by atoms with E-state index in [0.29, 0.717) is 12.1 Å². The minimum atomic E-state index is -0.899. The van der Waals surface area contributed by atoms with Gasteiger partial charge in [-0.25, -0.2) is 4.79 Å². The first-order chi connectivity index (χ1) is 7.16. The average Bonchev–Trinajstić information content (AvgIpc) is 2.65. The Balaban J connectivity index is 2.07. The van der Waals surface area contributed by atoms with Gasteiger partial charge in [-0.1, -0.05) is 0 Å². The van der Waals surface area contributed by atoms with Crippen molar-refractivity contribution in [1.82, 2.24) is 15.0 Å². The fourth-order valence-electron chi connectivity index (χ4n) is 1.73. The Morgan fingerprint density at radius 1 is 1.67 bits per heavy atom. The highest BCUT2D eigenvalue weighted by atomic mass is 16.5. The van der Waals surface area contributed by atoms with Crippen molar-refractivity contribution in [1.29, 1.82) is 0 Å². The maximum Gasteiger partial charge on any atom is 0.332 e. The molecule has 2 atom stereocenters. The van der Waals surface area contributed by atoms with Crippen molar-refractivity contribution in [3.8, 4) is 0 Å². The number of hydrogen-bond acceptors (Lipinski definition) is 4. The van der Waals surface area contributed by atoms with E-state index in [9.17, 15) is 4.79 Å². The second-order valence-electron chi connectivity index (χ2n) is 3.64. The molecular formula is C9H13N3O3. The number of carboxylic acid groups (broad SMARTS) is 1. The van der Waals surface area contributed by atoms with Crippen LogP contribution in [-0.4, -0.2) is 32.2 Å². The third-order valence-corrected chi connectivity index (χ3v) is 2.48. The molecule has 0 aromatic carbocycles. The molecule has 15 heavy (non-hydrogen) atoms. The third-order valence-electron chi connectivity index (χ3n) is 2.48. The molecule has 0 radical (unpaired) electrons. The summed E-state index contributed by atoms with van der Waals surface area (Å²) in [6.07, 6.45) is 2.92. The van der Waals surface area contributed by atoms with Gasteiger partial charge in [-0.3, -0.25) is 0 Å². The Labute approximate surface area is 86.8 Å². The van der Waals surface area contributed by atoms with Crippen molar-refractivity contribution in [2.24, 2.45) is 7.05 Å². The SMILES string of the molecule is Cn1ncc(C2CCCC(C(=O)O)O2)n1. The minimum absolute atomic E-state index is 0.228. The number of rotatable bonds is 2. The van der Waals surface area contributed by atoms with Gasteiger partial charge in [-0.05, 0) is 19.3 Å². The Kier molecular flexibility index (Phi) is 2.68. The van der Waals surface area contributed by atoms with Crippen LogP contribution in [0.1, 0.15) is 31.1 Å². The summed E-state index contributed by atoms with van der Waals surface area (Å²) >= 11 is 0. The smallest absolute Gasteiger partial charge is 0.332 e. The molecule has 0 amide bonds. The molecule has 1 fully saturated rings. The van der Waals surface area contributed by atoms with E-state index in [2.05, 4.69) is 10.2 Å². The monoisotopic (exact) mass is 211 g/mol. The maximum absolute atomic E-state index is 10.8. The molecule has 0 bridgehead atoms. The van der Waals surface area contributed by atoms with E-state index in [-0.39, 0.29) is 6.10 Å². The predicted molar refractivity (Wildman–Crippen MR) is 50.1 cm³/mol. The fourth-order valence-corrected chi connectivity index (χ4v) is 1.73. The molecule has 1 aromatic heterocycles. The molecule has 1 aliphatic rings. The fraction of sp³-hybridized carbons (Fsp3) is 0.667. The lowest BCUT2D eigenvalue weighted by Crippen LogP contribution is -2.29. The standard InChI is InChI=1S/C9H13N3O3/c1-12-10-5-6(11-12)7-3-2-4-8(15-7)9(13)14/h5,7-8H,2-4H2,1H3,(H,13,14). The van der Waals surface area contributed by atoms with E-state index >= 15 is 0 Å². The molecule has 6 nitrogen and oxygen atoms in total. The van der Waals surface area contributed by atoms with Crippen LogP contribution in [0.15, 0.2) is 6.20 Å². The molecule has 1 N–H and O–H groups in total. The normalized spacial score (nSPS) is 26.5. The van der Waals surface area contributed by atoms with Crippen LogP contribution in [0.25, 0.3) is 0 Å². The van der Waals surface area contributed by atoms with Gasteiger partial charge in [0.2, 0.25) is 0 Å². The zero-order chi connectivity index (χ0) is 10.8. The van der Waals surface area contributed by atoms with Crippen molar-refractivity contribution < 1.29 is 14.6 Å². The van der Waals surface area contributed by atoms with Gasteiger partial charge in [0.15, 0.2) is 6.10 Å². The Morgan fingerprint density at radius 2 is 2.47 bits per heavy atom. The minimum Gasteiger partial charge on any atom is -0.479 e. The summed E-state index contributed by atoms with van der Waals surface area (Å²) in [6.45, 7) is 0. The summed E-state index contributed by atoms with van der Waals surface area (Å²) in [5.41, 5.74) is 0.712. The molecule has 1 aromatic rings. The number of aromatic nitrogens is 3. The van der Waals surface area contributed by atoms with Crippen molar-refractivity contribution in [3.05, 3.63) is 11.9 Å². The van der Waals surface area contributed by atoms with Crippen LogP contribution in [0.4, 0.5) is 0 Å². The van der Waals surface area contributed by atoms with E-state index < -0.39 is 12.1 Å². The van der Waals surface area contributed by atoms with Gasteiger partial charge in [0.1, 0.15) is 11.8 Å². The highest BCUT2D eigenvalue weighted by Crippen LogP contribution is 2.29. The summed E-state index contributed by atoms with van der Waals surface area (Å²) in [6, 6.07) is 0. The predicted octanol–water partition coefficient (Wildman–Crippen LogP) is 0.510. The van der Waals surface area contributed by atoms with Crippen molar-refractivity contribution in [3.63, 3.8) is 0 Å². The van der Waals surface area contributed by atoms with Gasteiger partial charge in [-0.15, -0.1) is 0 Å². The molecule has 1 aliphatic heterocycles. The second kappa shape index (κ2) is 3.98. The molecule has 82 valence electrons. The van der Waals surface area contributed by atoms with Crippen molar-refractivity contribution in [2.45, 2.75) is 31.5 Å². The summed E-state index contributed by atoms with van der Waals surface area (Å²) in [5.74, 6) is -0.899. The van der Waals surface area contributed by atoms with Gasteiger partial charge in [0.25, 0.3) is 0 Å². The topological polar surface area (TPSA) is 77.2 Å². The first kappa shape index (κ1) is 10.1. The van der Waals surface area contributed by atoms with Gasteiger partial charge < -0.3 is 9.84 Å². The van der Waals surface area contributed by atoms with Gasteiger partial charge in [0.05, 0.1) is 6.20 Å². The van der Waals surface area contributed by atoms with Crippen LogP contribution < -0.4 is 0 Å². The number of ether oxygens (including phenoxy) is 1. The number of aliphatic carboxylic acids is 1. The van der Waals surface area contributed by atoms with E-state index in [4.69, 9.17) is 9.84 Å². The summed E-state index contributed by atoms with van der Waals surface area (Å²) in [4.78, 5) is 12.2. The Hall–Kier alpha value is -1.43. The van der Waals surface area contributed by atoms with E-state index in [0.717, 1.165) is 12.8 Å². The zero-order valence-corrected chi connectivity index (χ0v) is 8.46. The van der Waals surface area contributed by atoms with Gasteiger partial charge in [-0.2, -0.15) is 15.0 Å². The number of carboxylic acids is 1. The number of aryl methyl sites for hydroxylation is 1. The van der Waals surface area contributed by atoms with Crippen LogP contribution in [0, 0.1) is 0 Å². The zero-order valence-electron chi connectivity index (χ0n) is 8.46. The Morgan fingerprint density at radius 3 is 3.07 bits per heavy atom. The van der Waals surface area contributed by atoms with E-state index in [1.807, 2.05) is 0 Å². The highest BCUT2D eigenvalue weighted by molar-refractivity contribution is 5.72. The molecule has 2 rings (SSSR count). The maximum atomic E-state index is 10.8. The van der Waals surface area contributed by atoms with Crippen LogP contribution in [-0.2, 0) is 16.6 Å². The third kappa shape index (κ3) is 2.15. The average molecular weight is 211 g/mol. The summed E-state index contributed by atoms with van der Waals surface area (Å²) in [5, 5.41) is 16.9. The molecule has 2 unspecified atom stereocenters. The molecule has 1 saturated heterocycles. The molecular weight excluding hydrogens is 198 g/mol. The molecule has 0 aliphatic carbocycles. The lowest BCUT2D eigenvalue weighted by Gasteiger charge is -2.25. The number of hydrogen-bond donors (Lipinski definition) is 1. The molecule has 2 heterocycles. The van der Waals surface area contributed by atoms with Gasteiger partial charge >= 0.3 is 5.97 Å². The van der Waals surface area contributed by atoms with Crippen molar-refractivity contribution >= 4 is 5.97 Å². The summed E-state index contributed by atoms with van der Waals surface area (Å²) < 4.78 is 5.43. The van der Waals surface area contributed by atoms with Gasteiger partial charge in [0, 0.05) is 7.05 Å².